The second-order valence-electron chi connectivity index (χ2n) is 4.70. The molecule has 0 saturated carbocycles. The summed E-state index contributed by atoms with van der Waals surface area (Å²) >= 11 is 3.15. The molecule has 1 aromatic rings. The van der Waals surface area contributed by atoms with Gasteiger partial charge in [0.1, 0.15) is 5.54 Å². The third-order valence-electron chi connectivity index (χ3n) is 3.74. The molecule has 1 aliphatic rings. The monoisotopic (exact) mass is 343 g/mol. The van der Waals surface area contributed by atoms with Gasteiger partial charge < -0.3 is 10.0 Å². The first-order valence-electron chi connectivity index (χ1n) is 6.23. The smallest absolute Gasteiger partial charge is 0.329 e. The van der Waals surface area contributed by atoms with Gasteiger partial charge in [-0.1, -0.05) is 6.92 Å². The van der Waals surface area contributed by atoms with Crippen molar-refractivity contribution in [3.05, 3.63) is 26.9 Å². The van der Waals surface area contributed by atoms with E-state index in [9.17, 15) is 20.0 Å². The lowest BCUT2D eigenvalue weighted by Crippen LogP contribution is -2.50. The minimum Gasteiger partial charge on any atom is -0.479 e. The zero-order valence-electron chi connectivity index (χ0n) is 10.9. The molecule has 1 unspecified atom stereocenters. The van der Waals surface area contributed by atoms with Crippen molar-refractivity contribution in [2.24, 2.45) is 0 Å². The molecule has 20 heavy (non-hydrogen) atoms. The summed E-state index contributed by atoms with van der Waals surface area (Å²) < 4.78 is 0.490. The van der Waals surface area contributed by atoms with Crippen LogP contribution < -0.4 is 4.90 Å². The maximum atomic E-state index is 11.6. The molecule has 1 N–H and O–H groups in total. The molecular weight excluding hydrogens is 330 g/mol. The third kappa shape index (κ3) is 2.24. The molecular formula is C12H14BrN3O4. The van der Waals surface area contributed by atoms with Gasteiger partial charge in [-0.25, -0.2) is 9.78 Å². The minimum absolute atomic E-state index is 0.125. The van der Waals surface area contributed by atoms with Crippen molar-refractivity contribution >= 4 is 33.4 Å². The molecule has 7 nitrogen and oxygen atoms in total. The van der Waals surface area contributed by atoms with Crippen molar-refractivity contribution in [2.75, 3.05) is 11.4 Å². The van der Waals surface area contributed by atoms with Gasteiger partial charge in [-0.2, -0.15) is 0 Å². The summed E-state index contributed by atoms with van der Waals surface area (Å²) in [5.74, 6) is -0.837. The molecule has 0 bridgehead atoms. The van der Waals surface area contributed by atoms with Crippen molar-refractivity contribution < 1.29 is 14.8 Å². The number of carboxylic acid groups (broad SMARTS) is 1. The Kier molecular flexibility index (Phi) is 3.94. The topological polar surface area (TPSA) is 96.6 Å². The fraction of sp³-hybridized carbons (Fsp3) is 0.500. The van der Waals surface area contributed by atoms with Gasteiger partial charge in [0.25, 0.3) is 0 Å². The lowest BCUT2D eigenvalue weighted by Gasteiger charge is -2.34. The van der Waals surface area contributed by atoms with Crippen molar-refractivity contribution in [3.63, 3.8) is 0 Å². The van der Waals surface area contributed by atoms with Gasteiger partial charge in [-0.15, -0.1) is 0 Å². The summed E-state index contributed by atoms with van der Waals surface area (Å²) in [4.78, 5) is 27.9. The molecule has 1 aliphatic heterocycles. The van der Waals surface area contributed by atoms with Gasteiger partial charge >= 0.3 is 11.7 Å². The van der Waals surface area contributed by atoms with Crippen molar-refractivity contribution in [2.45, 2.75) is 31.7 Å². The Bertz CT molecular complexity index is 566. The zero-order valence-corrected chi connectivity index (χ0v) is 12.5. The highest BCUT2D eigenvalue weighted by molar-refractivity contribution is 9.10. The van der Waals surface area contributed by atoms with Crippen LogP contribution >= 0.6 is 15.9 Å². The van der Waals surface area contributed by atoms with E-state index in [4.69, 9.17) is 0 Å². The predicted molar refractivity (Wildman–Crippen MR) is 75.8 cm³/mol. The van der Waals surface area contributed by atoms with Crippen LogP contribution in [-0.4, -0.2) is 33.1 Å². The van der Waals surface area contributed by atoms with Crippen molar-refractivity contribution in [1.29, 1.82) is 0 Å². The van der Waals surface area contributed by atoms with Crippen LogP contribution in [0.2, 0.25) is 0 Å². The normalized spacial score (nSPS) is 22.0. The van der Waals surface area contributed by atoms with Crippen LogP contribution in [0.5, 0.6) is 0 Å². The van der Waals surface area contributed by atoms with Crippen LogP contribution in [0.25, 0.3) is 0 Å². The second-order valence-corrected chi connectivity index (χ2v) is 5.61. The predicted octanol–water partition coefficient (Wildman–Crippen LogP) is 2.59. The highest BCUT2D eigenvalue weighted by Crippen LogP contribution is 2.40. The van der Waals surface area contributed by atoms with E-state index in [1.165, 1.54) is 12.3 Å². The van der Waals surface area contributed by atoms with E-state index in [0.29, 0.717) is 30.3 Å². The van der Waals surface area contributed by atoms with Crippen LogP contribution in [0.3, 0.4) is 0 Å². The molecule has 2 rings (SSSR count). The Labute approximate surface area is 123 Å². The van der Waals surface area contributed by atoms with Gasteiger partial charge in [0, 0.05) is 23.3 Å². The van der Waals surface area contributed by atoms with Crippen LogP contribution in [0.4, 0.5) is 11.5 Å². The number of aromatic nitrogens is 1. The fourth-order valence-electron chi connectivity index (χ4n) is 2.69. The van der Waals surface area contributed by atoms with Crippen molar-refractivity contribution in [3.8, 4) is 0 Å². The Balaban J connectivity index is 2.55. The Morgan fingerprint density at radius 1 is 1.70 bits per heavy atom. The maximum absolute atomic E-state index is 11.6. The number of carbonyl (C=O) groups is 1. The number of hydrogen-bond acceptors (Lipinski definition) is 5. The molecule has 1 saturated heterocycles. The lowest BCUT2D eigenvalue weighted by molar-refractivity contribution is -0.384. The first-order chi connectivity index (χ1) is 9.42. The number of pyridine rings is 1. The standard InChI is InChI=1S/C12H14BrN3O4/c1-2-12(11(17)18)4-3-5-15(12)10-9(16(19)20)6-8(13)7-14-10/h6-7H,2-5H2,1H3,(H,17,18). The number of nitro groups is 1. The second kappa shape index (κ2) is 5.35. The van der Waals surface area contributed by atoms with E-state index in [1.807, 2.05) is 0 Å². The summed E-state index contributed by atoms with van der Waals surface area (Å²) in [7, 11) is 0. The largest absolute Gasteiger partial charge is 0.479 e. The van der Waals surface area contributed by atoms with Gasteiger partial charge in [-0.05, 0) is 35.2 Å². The van der Waals surface area contributed by atoms with E-state index in [2.05, 4.69) is 20.9 Å². The number of carboxylic acids is 1. The molecule has 0 spiro atoms. The lowest BCUT2D eigenvalue weighted by atomic mass is 9.93. The van der Waals surface area contributed by atoms with Crippen LogP contribution in [0.1, 0.15) is 26.2 Å². The molecule has 2 heterocycles. The third-order valence-corrected chi connectivity index (χ3v) is 4.17. The number of nitrogens with zero attached hydrogens (tertiary/aromatic N) is 3. The van der Waals surface area contributed by atoms with E-state index in [-0.39, 0.29) is 11.5 Å². The quantitative estimate of drug-likeness (QED) is 0.666. The first-order valence-corrected chi connectivity index (χ1v) is 7.02. The van der Waals surface area contributed by atoms with Gasteiger partial charge in [0.05, 0.1) is 4.92 Å². The Morgan fingerprint density at radius 2 is 2.40 bits per heavy atom. The first kappa shape index (κ1) is 14.7. The fourth-order valence-corrected chi connectivity index (χ4v) is 3.01. The van der Waals surface area contributed by atoms with Gasteiger partial charge in [0.2, 0.25) is 5.82 Å². The van der Waals surface area contributed by atoms with E-state index < -0.39 is 16.4 Å². The van der Waals surface area contributed by atoms with Crippen LogP contribution in [0, 0.1) is 10.1 Å². The molecule has 0 aliphatic carbocycles. The van der Waals surface area contributed by atoms with Gasteiger partial charge in [-0.3, -0.25) is 10.1 Å². The molecule has 8 heteroatoms. The van der Waals surface area contributed by atoms with Gasteiger partial charge in [0.15, 0.2) is 0 Å². The summed E-state index contributed by atoms with van der Waals surface area (Å²) in [6, 6.07) is 1.35. The molecule has 0 amide bonds. The zero-order chi connectivity index (χ0) is 14.9. The molecule has 0 aromatic carbocycles. The number of anilines is 1. The molecule has 0 radical (unpaired) electrons. The molecule has 1 aromatic heterocycles. The summed E-state index contributed by atoms with van der Waals surface area (Å²) in [5.41, 5.74) is -1.29. The van der Waals surface area contributed by atoms with E-state index in [0.717, 1.165) is 0 Å². The van der Waals surface area contributed by atoms with Crippen LogP contribution in [-0.2, 0) is 4.79 Å². The maximum Gasteiger partial charge on any atom is 0.329 e. The number of aliphatic carboxylic acids is 1. The number of hydrogen-bond donors (Lipinski definition) is 1. The summed E-state index contributed by atoms with van der Waals surface area (Å²) in [6.07, 6.45) is 2.96. The minimum atomic E-state index is -1.11. The molecule has 1 fully saturated rings. The summed E-state index contributed by atoms with van der Waals surface area (Å²) in [5, 5.41) is 20.7. The number of rotatable bonds is 4. The van der Waals surface area contributed by atoms with E-state index >= 15 is 0 Å². The Hall–Kier alpha value is -1.70. The highest BCUT2D eigenvalue weighted by atomic mass is 79.9. The SMILES string of the molecule is CCC1(C(=O)O)CCCN1c1ncc(Br)cc1[N+](=O)[O-]. The summed E-state index contributed by atoms with van der Waals surface area (Å²) in [6.45, 7) is 2.23. The average molecular weight is 344 g/mol. The Morgan fingerprint density at radius 3 is 2.95 bits per heavy atom. The highest BCUT2D eigenvalue weighted by Gasteiger charge is 2.48. The average Bonchev–Trinajstić information content (AvgIpc) is 2.83. The van der Waals surface area contributed by atoms with E-state index in [1.54, 1.807) is 11.8 Å². The van der Waals surface area contributed by atoms with Crippen LogP contribution in [0.15, 0.2) is 16.7 Å². The van der Waals surface area contributed by atoms with Crippen molar-refractivity contribution in [1.82, 2.24) is 4.98 Å². The number of halogens is 1. The molecule has 108 valence electrons. The molecule has 1 atom stereocenters.